The summed E-state index contributed by atoms with van der Waals surface area (Å²) in [5, 5.41) is 9.51. The molecule has 0 aromatic heterocycles. The van der Waals surface area contributed by atoms with Gasteiger partial charge in [0.15, 0.2) is 6.10 Å². The van der Waals surface area contributed by atoms with Gasteiger partial charge in [-0.15, -0.1) is 0 Å². The zero-order valence-corrected chi connectivity index (χ0v) is 28.1. The summed E-state index contributed by atoms with van der Waals surface area (Å²) < 4.78 is 10.5. The van der Waals surface area contributed by atoms with E-state index >= 15 is 0 Å². The zero-order chi connectivity index (χ0) is 32.2. The van der Waals surface area contributed by atoms with E-state index in [0.29, 0.717) is 19.3 Å². The number of aliphatic hydroxyl groups excluding tert-OH is 1. The number of esters is 2. The summed E-state index contributed by atoms with van der Waals surface area (Å²) in [4.78, 5) is 24.1. The smallest absolute Gasteiger partial charge is 0.306 e. The van der Waals surface area contributed by atoms with E-state index in [-0.39, 0.29) is 25.2 Å². The molecule has 0 heterocycles. The van der Waals surface area contributed by atoms with Crippen molar-refractivity contribution in [3.8, 4) is 0 Å². The Balaban J connectivity index is 3.73. The molecule has 0 aromatic carbocycles. The third-order valence-corrected chi connectivity index (χ3v) is 6.98. The van der Waals surface area contributed by atoms with E-state index in [9.17, 15) is 14.7 Å². The zero-order valence-electron chi connectivity index (χ0n) is 28.1. The highest BCUT2D eigenvalue weighted by Crippen LogP contribution is 2.10. The molecule has 250 valence electrons. The van der Waals surface area contributed by atoms with Crippen LogP contribution in [0.4, 0.5) is 0 Å². The van der Waals surface area contributed by atoms with Crippen molar-refractivity contribution in [1.82, 2.24) is 0 Å². The molecule has 0 amide bonds. The molecule has 5 heteroatoms. The number of carbonyl (C=O) groups is 2. The summed E-state index contributed by atoms with van der Waals surface area (Å²) in [6.07, 6.45) is 45.3. The van der Waals surface area contributed by atoms with Crippen molar-refractivity contribution in [2.75, 3.05) is 13.2 Å². The van der Waals surface area contributed by atoms with Crippen molar-refractivity contribution < 1.29 is 24.2 Å². The van der Waals surface area contributed by atoms with E-state index in [1.165, 1.54) is 44.9 Å². The first kappa shape index (κ1) is 41.3. The molecule has 0 aliphatic rings. The van der Waals surface area contributed by atoms with Crippen molar-refractivity contribution in [2.45, 2.75) is 148 Å². The van der Waals surface area contributed by atoms with Gasteiger partial charge in [-0.1, -0.05) is 125 Å². The molecule has 0 fully saturated rings. The highest BCUT2D eigenvalue weighted by molar-refractivity contribution is 5.70. The fraction of sp³-hybridized carbons (Fsp3) is 0.641. The number of hydrogen-bond donors (Lipinski definition) is 1. The molecule has 0 aromatic rings. The highest BCUT2D eigenvalue weighted by atomic mass is 16.6. The molecule has 0 radical (unpaired) electrons. The molecule has 0 saturated heterocycles. The standard InChI is InChI=1S/C39H64O5/c1-3-5-7-9-11-13-15-17-18-19-20-22-23-25-27-29-31-33-38(41)43-36-37(35-40)44-39(42)34-32-30-28-26-24-21-16-14-12-10-8-6-4-2/h5,7,11,13-14,16-18,20,22,25,27,37,40H,3-4,6,8-10,12,15,19,21,23-24,26,28-36H2,1-2H3. The van der Waals surface area contributed by atoms with Crippen LogP contribution < -0.4 is 0 Å². The van der Waals surface area contributed by atoms with Gasteiger partial charge in [0.1, 0.15) is 6.61 Å². The molecular weight excluding hydrogens is 548 g/mol. The first-order chi connectivity index (χ1) is 21.6. The summed E-state index contributed by atoms with van der Waals surface area (Å²) in [7, 11) is 0. The molecule has 1 unspecified atom stereocenters. The van der Waals surface area contributed by atoms with Gasteiger partial charge in [0.05, 0.1) is 6.61 Å². The maximum absolute atomic E-state index is 12.1. The first-order valence-corrected chi connectivity index (χ1v) is 17.5. The third-order valence-electron chi connectivity index (χ3n) is 6.98. The molecule has 0 aliphatic carbocycles. The van der Waals surface area contributed by atoms with Crippen LogP contribution in [0.3, 0.4) is 0 Å². The lowest BCUT2D eigenvalue weighted by molar-refractivity contribution is -0.161. The average Bonchev–Trinajstić information content (AvgIpc) is 3.02. The number of rotatable bonds is 30. The van der Waals surface area contributed by atoms with Gasteiger partial charge < -0.3 is 14.6 Å². The lowest BCUT2D eigenvalue weighted by Crippen LogP contribution is -2.28. The molecule has 1 N–H and O–H groups in total. The number of unbranched alkanes of at least 4 members (excludes halogenated alkanes) is 10. The van der Waals surface area contributed by atoms with Gasteiger partial charge in [-0.05, 0) is 77.0 Å². The number of hydrogen-bond acceptors (Lipinski definition) is 5. The quantitative estimate of drug-likeness (QED) is 0.0496. The largest absolute Gasteiger partial charge is 0.462 e. The van der Waals surface area contributed by atoms with Gasteiger partial charge >= 0.3 is 11.9 Å². The fourth-order valence-corrected chi connectivity index (χ4v) is 4.35. The molecular formula is C39H64O5. The van der Waals surface area contributed by atoms with E-state index in [1.807, 2.05) is 0 Å². The third kappa shape index (κ3) is 32.3. The molecule has 0 saturated carbocycles. The first-order valence-electron chi connectivity index (χ1n) is 17.5. The summed E-state index contributed by atoms with van der Waals surface area (Å²) in [6.45, 7) is 3.92. The van der Waals surface area contributed by atoms with Crippen LogP contribution in [-0.2, 0) is 19.1 Å². The van der Waals surface area contributed by atoms with E-state index in [4.69, 9.17) is 9.47 Å². The van der Waals surface area contributed by atoms with Crippen LogP contribution in [-0.4, -0.2) is 36.4 Å². The molecule has 44 heavy (non-hydrogen) atoms. The SMILES string of the molecule is CCC=CCC=CCC=CCC=CCC=CCCCC(=O)OCC(CO)OC(=O)CCCCCCCC=CCCCCCC. The van der Waals surface area contributed by atoms with Gasteiger partial charge in [-0.3, -0.25) is 9.59 Å². The Morgan fingerprint density at radius 1 is 0.545 bits per heavy atom. The minimum Gasteiger partial charge on any atom is -0.462 e. The van der Waals surface area contributed by atoms with Crippen LogP contribution in [0.5, 0.6) is 0 Å². The number of ether oxygens (including phenoxy) is 2. The summed E-state index contributed by atoms with van der Waals surface area (Å²) in [5.74, 6) is -0.678. The number of carbonyl (C=O) groups excluding carboxylic acids is 2. The normalized spacial score (nSPS) is 13.1. The van der Waals surface area contributed by atoms with Crippen LogP contribution in [0.25, 0.3) is 0 Å². The molecule has 5 nitrogen and oxygen atoms in total. The fourth-order valence-electron chi connectivity index (χ4n) is 4.35. The lowest BCUT2D eigenvalue weighted by atomic mass is 10.1. The molecule has 0 bridgehead atoms. The molecule has 0 aliphatic heterocycles. The minimum absolute atomic E-state index is 0.102. The Kier molecular flexibility index (Phi) is 32.7. The van der Waals surface area contributed by atoms with Gasteiger partial charge in [0, 0.05) is 12.8 Å². The van der Waals surface area contributed by atoms with Crippen LogP contribution in [0.15, 0.2) is 72.9 Å². The Morgan fingerprint density at radius 2 is 1.00 bits per heavy atom. The number of aliphatic hydroxyl groups is 1. The Hall–Kier alpha value is -2.66. The van der Waals surface area contributed by atoms with E-state index in [1.54, 1.807) is 0 Å². The lowest BCUT2D eigenvalue weighted by Gasteiger charge is -2.15. The molecule has 1 atom stereocenters. The van der Waals surface area contributed by atoms with Crippen LogP contribution >= 0.6 is 0 Å². The second kappa shape index (κ2) is 34.8. The second-order valence-corrected chi connectivity index (χ2v) is 11.2. The van der Waals surface area contributed by atoms with Crippen molar-refractivity contribution in [1.29, 1.82) is 0 Å². The van der Waals surface area contributed by atoms with Crippen molar-refractivity contribution >= 4 is 11.9 Å². The molecule has 0 rings (SSSR count). The van der Waals surface area contributed by atoms with Gasteiger partial charge in [-0.25, -0.2) is 0 Å². The van der Waals surface area contributed by atoms with E-state index in [0.717, 1.165) is 64.2 Å². The van der Waals surface area contributed by atoms with Crippen molar-refractivity contribution in [3.05, 3.63) is 72.9 Å². The Labute approximate surface area is 270 Å². The Morgan fingerprint density at radius 3 is 1.57 bits per heavy atom. The van der Waals surface area contributed by atoms with Crippen LogP contribution in [0.2, 0.25) is 0 Å². The van der Waals surface area contributed by atoms with Crippen molar-refractivity contribution in [2.24, 2.45) is 0 Å². The van der Waals surface area contributed by atoms with Gasteiger partial charge in [-0.2, -0.15) is 0 Å². The highest BCUT2D eigenvalue weighted by Gasteiger charge is 2.15. The maximum atomic E-state index is 12.1. The number of allylic oxidation sites excluding steroid dienone is 12. The van der Waals surface area contributed by atoms with Crippen LogP contribution in [0.1, 0.15) is 142 Å². The van der Waals surface area contributed by atoms with Gasteiger partial charge in [0.25, 0.3) is 0 Å². The average molecular weight is 613 g/mol. The van der Waals surface area contributed by atoms with Crippen LogP contribution in [0, 0.1) is 0 Å². The maximum Gasteiger partial charge on any atom is 0.306 e. The monoisotopic (exact) mass is 612 g/mol. The topological polar surface area (TPSA) is 72.8 Å². The second-order valence-electron chi connectivity index (χ2n) is 11.2. The minimum atomic E-state index is -0.800. The summed E-state index contributed by atoms with van der Waals surface area (Å²) in [5.41, 5.74) is 0. The predicted octanol–water partition coefficient (Wildman–Crippen LogP) is 10.6. The summed E-state index contributed by atoms with van der Waals surface area (Å²) >= 11 is 0. The van der Waals surface area contributed by atoms with E-state index in [2.05, 4.69) is 86.8 Å². The Bertz CT molecular complexity index is 833. The van der Waals surface area contributed by atoms with E-state index < -0.39 is 6.10 Å². The predicted molar refractivity (Wildman–Crippen MR) is 186 cm³/mol. The van der Waals surface area contributed by atoms with Crippen molar-refractivity contribution in [3.63, 3.8) is 0 Å². The van der Waals surface area contributed by atoms with Gasteiger partial charge in [0.2, 0.25) is 0 Å². The molecule has 0 spiro atoms. The summed E-state index contributed by atoms with van der Waals surface area (Å²) in [6, 6.07) is 0.